The molecule has 1 atom stereocenters. The van der Waals surface area contributed by atoms with Gasteiger partial charge in [-0.2, -0.15) is 0 Å². The zero-order valence-corrected chi connectivity index (χ0v) is 11.2. The van der Waals surface area contributed by atoms with Crippen LogP contribution < -0.4 is 10.5 Å². The van der Waals surface area contributed by atoms with Gasteiger partial charge in [0.05, 0.1) is 12.6 Å². The molecule has 1 amide bonds. The van der Waals surface area contributed by atoms with Gasteiger partial charge in [0.25, 0.3) is 5.91 Å². The van der Waals surface area contributed by atoms with Crippen molar-refractivity contribution >= 4 is 5.91 Å². The van der Waals surface area contributed by atoms with Crippen molar-refractivity contribution in [2.24, 2.45) is 5.73 Å². The normalized spacial score (nSPS) is 18.3. The molecule has 0 saturated carbocycles. The molecule has 5 heteroatoms. The molecule has 2 rings (SSSR count). The molecule has 0 spiro atoms. The van der Waals surface area contributed by atoms with Gasteiger partial charge in [-0.15, -0.1) is 0 Å². The number of hydrogen-bond acceptors (Lipinski definition) is 4. The summed E-state index contributed by atoms with van der Waals surface area (Å²) in [4.78, 5) is 13.7. The van der Waals surface area contributed by atoms with E-state index in [1.54, 1.807) is 11.9 Å². The Morgan fingerprint density at radius 2 is 2.32 bits per heavy atom. The molecule has 1 aromatic carbocycles. The first-order valence-electron chi connectivity index (χ1n) is 6.46. The summed E-state index contributed by atoms with van der Waals surface area (Å²) < 4.78 is 10.8. The lowest BCUT2D eigenvalue weighted by Crippen LogP contribution is -2.40. The number of nitrogens with two attached hydrogens (primary N) is 1. The second-order valence-electron chi connectivity index (χ2n) is 4.62. The van der Waals surface area contributed by atoms with Crippen LogP contribution in [0, 0.1) is 0 Å². The third kappa shape index (κ3) is 3.45. The van der Waals surface area contributed by atoms with Gasteiger partial charge >= 0.3 is 0 Å². The second kappa shape index (κ2) is 6.54. The number of rotatable bonds is 5. The van der Waals surface area contributed by atoms with Crippen molar-refractivity contribution < 1.29 is 14.3 Å². The van der Waals surface area contributed by atoms with Gasteiger partial charge in [0.1, 0.15) is 5.75 Å². The van der Waals surface area contributed by atoms with Crippen molar-refractivity contribution in [3.8, 4) is 5.75 Å². The van der Waals surface area contributed by atoms with Crippen molar-refractivity contribution in [3.63, 3.8) is 0 Å². The van der Waals surface area contributed by atoms with Crippen molar-refractivity contribution in [2.75, 3.05) is 26.9 Å². The molecule has 2 N–H and O–H groups in total. The lowest BCUT2D eigenvalue weighted by molar-refractivity contribution is -0.134. The number of likely N-dealkylation sites (N-methyl/N-ethyl adjacent to an activating group) is 1. The summed E-state index contributed by atoms with van der Waals surface area (Å²) >= 11 is 0. The first kappa shape index (κ1) is 13.8. The van der Waals surface area contributed by atoms with E-state index in [0.717, 1.165) is 18.6 Å². The molecule has 0 radical (unpaired) electrons. The fourth-order valence-electron chi connectivity index (χ4n) is 2.09. The summed E-state index contributed by atoms with van der Waals surface area (Å²) in [6, 6.07) is 7.66. The molecule has 0 aliphatic carbocycles. The molecule has 1 unspecified atom stereocenters. The Kier molecular flexibility index (Phi) is 4.76. The Labute approximate surface area is 113 Å². The van der Waals surface area contributed by atoms with Gasteiger partial charge in [-0.3, -0.25) is 4.79 Å². The standard InChI is InChI=1S/C14H20N2O3/c1-16(12-6-7-18-9-12)14(17)10-19-13-5-3-2-4-11(13)8-15/h2-5,12H,6-10,15H2,1H3. The van der Waals surface area contributed by atoms with Crippen LogP contribution in [-0.2, 0) is 16.1 Å². The smallest absolute Gasteiger partial charge is 0.260 e. The number of carbonyl (C=O) groups excluding carboxylic acids is 1. The van der Waals surface area contributed by atoms with E-state index in [1.807, 2.05) is 24.3 Å². The lowest BCUT2D eigenvalue weighted by Gasteiger charge is -2.23. The van der Waals surface area contributed by atoms with Crippen LogP contribution in [0.25, 0.3) is 0 Å². The highest BCUT2D eigenvalue weighted by Crippen LogP contribution is 2.17. The van der Waals surface area contributed by atoms with Gasteiger partial charge in [0, 0.05) is 25.8 Å². The predicted octanol–water partition coefficient (Wildman–Crippen LogP) is 0.771. The maximum atomic E-state index is 12.0. The van der Waals surface area contributed by atoms with E-state index in [1.165, 1.54) is 0 Å². The minimum atomic E-state index is -0.0395. The number of ether oxygens (including phenoxy) is 2. The Morgan fingerprint density at radius 1 is 1.53 bits per heavy atom. The Hall–Kier alpha value is -1.59. The van der Waals surface area contributed by atoms with E-state index >= 15 is 0 Å². The number of para-hydroxylation sites is 1. The van der Waals surface area contributed by atoms with Crippen molar-refractivity contribution in [1.29, 1.82) is 0 Å². The molecule has 1 aliphatic heterocycles. The molecule has 1 heterocycles. The molecule has 1 aliphatic rings. The van der Waals surface area contributed by atoms with Gasteiger partial charge in [-0.05, 0) is 12.5 Å². The van der Waals surface area contributed by atoms with E-state index in [-0.39, 0.29) is 18.6 Å². The number of amides is 1. The van der Waals surface area contributed by atoms with Crippen LogP contribution in [0.1, 0.15) is 12.0 Å². The molecule has 0 bridgehead atoms. The van der Waals surface area contributed by atoms with Crippen LogP contribution in [0.3, 0.4) is 0 Å². The van der Waals surface area contributed by atoms with Gasteiger partial charge in [0.15, 0.2) is 6.61 Å². The highest BCUT2D eigenvalue weighted by atomic mass is 16.5. The zero-order chi connectivity index (χ0) is 13.7. The summed E-state index contributed by atoms with van der Waals surface area (Å²) in [6.45, 7) is 1.77. The fourth-order valence-corrected chi connectivity index (χ4v) is 2.09. The number of carbonyl (C=O) groups is 1. The van der Waals surface area contributed by atoms with Gasteiger partial charge < -0.3 is 20.1 Å². The van der Waals surface area contributed by atoms with Gasteiger partial charge in [-0.25, -0.2) is 0 Å². The van der Waals surface area contributed by atoms with Crippen LogP contribution in [0.5, 0.6) is 5.75 Å². The topological polar surface area (TPSA) is 64.8 Å². The highest BCUT2D eigenvalue weighted by molar-refractivity contribution is 5.77. The molecule has 104 valence electrons. The second-order valence-corrected chi connectivity index (χ2v) is 4.62. The van der Waals surface area contributed by atoms with Crippen LogP contribution in [0.2, 0.25) is 0 Å². The molecular formula is C14H20N2O3. The number of hydrogen-bond donors (Lipinski definition) is 1. The maximum Gasteiger partial charge on any atom is 0.260 e. The average Bonchev–Trinajstić information content (AvgIpc) is 2.98. The molecule has 0 aromatic heterocycles. The largest absolute Gasteiger partial charge is 0.483 e. The van der Waals surface area contributed by atoms with E-state index in [2.05, 4.69) is 0 Å². The van der Waals surface area contributed by atoms with E-state index < -0.39 is 0 Å². The summed E-state index contributed by atoms with van der Waals surface area (Å²) in [5.41, 5.74) is 6.53. The molecule has 1 fully saturated rings. The fraction of sp³-hybridized carbons (Fsp3) is 0.500. The summed E-state index contributed by atoms with van der Waals surface area (Å²) in [6.07, 6.45) is 0.891. The van der Waals surface area contributed by atoms with Crippen LogP contribution in [0.15, 0.2) is 24.3 Å². The number of nitrogens with zero attached hydrogens (tertiary/aromatic N) is 1. The van der Waals surface area contributed by atoms with E-state index in [4.69, 9.17) is 15.2 Å². The van der Waals surface area contributed by atoms with Crippen molar-refractivity contribution in [2.45, 2.75) is 19.0 Å². The van der Waals surface area contributed by atoms with Gasteiger partial charge in [-0.1, -0.05) is 18.2 Å². The summed E-state index contributed by atoms with van der Waals surface area (Å²) in [5, 5.41) is 0. The molecule has 1 aromatic rings. The highest BCUT2D eigenvalue weighted by Gasteiger charge is 2.24. The summed E-state index contributed by atoms with van der Waals surface area (Å²) in [7, 11) is 1.79. The Morgan fingerprint density at radius 3 is 3.00 bits per heavy atom. The quantitative estimate of drug-likeness (QED) is 0.853. The van der Waals surface area contributed by atoms with Crippen molar-refractivity contribution in [3.05, 3.63) is 29.8 Å². The minimum absolute atomic E-state index is 0.0318. The molecule has 19 heavy (non-hydrogen) atoms. The van der Waals surface area contributed by atoms with Crippen LogP contribution >= 0.6 is 0 Å². The lowest BCUT2D eigenvalue weighted by atomic mass is 10.2. The first-order valence-corrected chi connectivity index (χ1v) is 6.46. The average molecular weight is 264 g/mol. The van der Waals surface area contributed by atoms with E-state index in [0.29, 0.717) is 18.9 Å². The monoisotopic (exact) mass is 264 g/mol. The Balaban J connectivity index is 1.89. The minimum Gasteiger partial charge on any atom is -0.483 e. The molecule has 5 nitrogen and oxygen atoms in total. The molecule has 1 saturated heterocycles. The van der Waals surface area contributed by atoms with Crippen LogP contribution in [0.4, 0.5) is 0 Å². The first-order chi connectivity index (χ1) is 9.22. The third-order valence-electron chi connectivity index (χ3n) is 3.39. The van der Waals surface area contributed by atoms with Crippen LogP contribution in [-0.4, -0.2) is 43.7 Å². The SMILES string of the molecule is CN(C(=O)COc1ccccc1CN)C1CCOC1. The zero-order valence-electron chi connectivity index (χ0n) is 11.2. The molecular weight excluding hydrogens is 244 g/mol. The van der Waals surface area contributed by atoms with Crippen molar-refractivity contribution in [1.82, 2.24) is 4.90 Å². The predicted molar refractivity (Wildman–Crippen MR) is 71.8 cm³/mol. The maximum absolute atomic E-state index is 12.0. The summed E-state index contributed by atoms with van der Waals surface area (Å²) in [5.74, 6) is 0.636. The van der Waals surface area contributed by atoms with E-state index in [9.17, 15) is 4.79 Å². The number of benzene rings is 1. The third-order valence-corrected chi connectivity index (χ3v) is 3.39. The Bertz CT molecular complexity index is 430. The van der Waals surface area contributed by atoms with Gasteiger partial charge in [0.2, 0.25) is 0 Å².